The van der Waals surface area contributed by atoms with Crippen molar-refractivity contribution in [1.29, 1.82) is 0 Å². The Morgan fingerprint density at radius 3 is 3.00 bits per heavy atom. The molecule has 1 aromatic rings. The Balaban J connectivity index is 2.18. The molecule has 76 valence electrons. The lowest BCUT2D eigenvalue weighted by atomic mass is 10.1. The molecule has 1 aliphatic rings. The molecule has 0 aliphatic carbocycles. The summed E-state index contributed by atoms with van der Waals surface area (Å²) in [4.78, 5) is 0. The second-order valence-electron chi connectivity index (χ2n) is 3.26. The summed E-state index contributed by atoms with van der Waals surface area (Å²) in [6, 6.07) is 4.88. The molecule has 2 rings (SSSR count). The maximum absolute atomic E-state index is 12.9. The summed E-state index contributed by atoms with van der Waals surface area (Å²) in [6.45, 7) is 2.16. The van der Waals surface area contributed by atoms with Gasteiger partial charge < -0.3 is 10.1 Å². The van der Waals surface area contributed by atoms with E-state index in [1.165, 1.54) is 6.07 Å². The third kappa shape index (κ3) is 2.05. The van der Waals surface area contributed by atoms with Crippen LogP contribution in [0.5, 0.6) is 0 Å². The van der Waals surface area contributed by atoms with Crippen molar-refractivity contribution in [2.24, 2.45) is 0 Å². The molecule has 2 nitrogen and oxygen atoms in total. The Hall–Kier alpha value is -0.640. The summed E-state index contributed by atoms with van der Waals surface area (Å²) < 4.78 is 18.2. The summed E-state index contributed by atoms with van der Waals surface area (Å²) in [5.41, 5.74) is 0.969. The van der Waals surface area contributed by atoms with E-state index in [0.29, 0.717) is 6.61 Å². The fourth-order valence-corrected chi connectivity index (χ4v) is 1.70. The number of halogens is 2. The lowest BCUT2D eigenvalue weighted by Crippen LogP contribution is -2.34. The molecule has 14 heavy (non-hydrogen) atoms. The molecule has 0 spiro atoms. The number of ether oxygens (including phenoxy) is 1. The molecule has 0 aromatic heterocycles. The highest BCUT2D eigenvalue weighted by Gasteiger charge is 2.15. The van der Waals surface area contributed by atoms with Crippen LogP contribution in [-0.4, -0.2) is 19.8 Å². The maximum Gasteiger partial charge on any atom is 0.141 e. The van der Waals surface area contributed by atoms with Crippen molar-refractivity contribution in [3.05, 3.63) is 34.6 Å². The van der Waals surface area contributed by atoms with Crippen LogP contribution in [0.3, 0.4) is 0 Å². The van der Waals surface area contributed by atoms with Crippen molar-refractivity contribution in [3.63, 3.8) is 0 Å². The van der Waals surface area contributed by atoms with Crippen molar-refractivity contribution in [2.75, 3.05) is 19.8 Å². The molecule has 1 atom stereocenters. The van der Waals surface area contributed by atoms with Crippen LogP contribution in [-0.2, 0) is 4.74 Å². The van der Waals surface area contributed by atoms with E-state index in [1.807, 2.05) is 0 Å². The SMILES string of the molecule is Fc1ccc(C2COCCN2)cc1Cl. The smallest absolute Gasteiger partial charge is 0.141 e. The Kier molecular flexibility index (Phi) is 3.01. The molecular weight excluding hydrogens is 205 g/mol. The van der Waals surface area contributed by atoms with E-state index in [-0.39, 0.29) is 16.9 Å². The predicted molar refractivity (Wildman–Crippen MR) is 53.0 cm³/mol. The van der Waals surface area contributed by atoms with E-state index < -0.39 is 0 Å². The average Bonchev–Trinajstić information content (AvgIpc) is 2.23. The van der Waals surface area contributed by atoms with Crippen LogP contribution in [0.15, 0.2) is 18.2 Å². The maximum atomic E-state index is 12.9. The van der Waals surface area contributed by atoms with E-state index in [9.17, 15) is 4.39 Å². The number of hydrogen-bond donors (Lipinski definition) is 1. The number of rotatable bonds is 1. The zero-order valence-electron chi connectivity index (χ0n) is 7.59. The molecule has 1 unspecified atom stereocenters. The first-order valence-electron chi connectivity index (χ1n) is 4.53. The van der Waals surface area contributed by atoms with Crippen molar-refractivity contribution in [1.82, 2.24) is 5.32 Å². The quantitative estimate of drug-likeness (QED) is 0.775. The Morgan fingerprint density at radius 1 is 1.50 bits per heavy atom. The second-order valence-corrected chi connectivity index (χ2v) is 3.66. The molecule has 0 saturated carbocycles. The van der Waals surface area contributed by atoms with Gasteiger partial charge in [-0.05, 0) is 17.7 Å². The monoisotopic (exact) mass is 215 g/mol. The normalized spacial score (nSPS) is 22.3. The van der Waals surface area contributed by atoms with E-state index in [2.05, 4.69) is 5.32 Å². The van der Waals surface area contributed by atoms with Gasteiger partial charge in [0.2, 0.25) is 0 Å². The molecule has 1 N–H and O–H groups in total. The van der Waals surface area contributed by atoms with E-state index in [1.54, 1.807) is 12.1 Å². The zero-order valence-corrected chi connectivity index (χ0v) is 8.35. The summed E-state index contributed by atoms with van der Waals surface area (Å²) in [7, 11) is 0. The summed E-state index contributed by atoms with van der Waals surface area (Å²) in [6.07, 6.45) is 0. The fraction of sp³-hybridized carbons (Fsp3) is 0.400. The number of benzene rings is 1. The Morgan fingerprint density at radius 2 is 2.36 bits per heavy atom. The van der Waals surface area contributed by atoms with Gasteiger partial charge in [-0.3, -0.25) is 0 Å². The first-order valence-corrected chi connectivity index (χ1v) is 4.91. The van der Waals surface area contributed by atoms with Gasteiger partial charge in [-0.2, -0.15) is 0 Å². The van der Waals surface area contributed by atoms with Crippen LogP contribution >= 0.6 is 11.6 Å². The minimum absolute atomic E-state index is 0.127. The third-order valence-electron chi connectivity index (χ3n) is 2.27. The highest BCUT2D eigenvalue weighted by atomic mass is 35.5. The number of nitrogens with one attached hydrogen (secondary N) is 1. The summed E-state index contributed by atoms with van der Waals surface area (Å²) in [5, 5.41) is 3.44. The largest absolute Gasteiger partial charge is 0.378 e. The van der Waals surface area contributed by atoms with Gasteiger partial charge in [-0.25, -0.2) is 4.39 Å². The van der Waals surface area contributed by atoms with Gasteiger partial charge in [0.25, 0.3) is 0 Å². The highest BCUT2D eigenvalue weighted by molar-refractivity contribution is 6.30. The lowest BCUT2D eigenvalue weighted by Gasteiger charge is -2.24. The van der Waals surface area contributed by atoms with Gasteiger partial charge in [0.1, 0.15) is 5.82 Å². The molecule has 1 saturated heterocycles. The first-order chi connectivity index (χ1) is 6.77. The van der Waals surface area contributed by atoms with Crippen molar-refractivity contribution in [3.8, 4) is 0 Å². The average molecular weight is 216 g/mol. The molecule has 1 aliphatic heterocycles. The minimum atomic E-state index is -0.382. The van der Waals surface area contributed by atoms with Gasteiger partial charge >= 0.3 is 0 Å². The van der Waals surface area contributed by atoms with Crippen molar-refractivity contribution < 1.29 is 9.13 Å². The highest BCUT2D eigenvalue weighted by Crippen LogP contribution is 2.22. The first kappa shape index (κ1) is 9.90. The van der Waals surface area contributed by atoms with Crippen LogP contribution in [0.25, 0.3) is 0 Å². The topological polar surface area (TPSA) is 21.3 Å². The van der Waals surface area contributed by atoms with E-state index >= 15 is 0 Å². The predicted octanol–water partition coefficient (Wildman–Crippen LogP) is 2.14. The van der Waals surface area contributed by atoms with Gasteiger partial charge in [0.15, 0.2) is 0 Å². The molecule has 0 radical (unpaired) electrons. The molecule has 0 bridgehead atoms. The van der Waals surface area contributed by atoms with Crippen molar-refractivity contribution >= 4 is 11.6 Å². The summed E-state index contributed by atoms with van der Waals surface area (Å²) >= 11 is 5.69. The van der Waals surface area contributed by atoms with E-state index in [0.717, 1.165) is 18.7 Å². The third-order valence-corrected chi connectivity index (χ3v) is 2.56. The number of morpholine rings is 1. The van der Waals surface area contributed by atoms with Gasteiger partial charge in [0.05, 0.1) is 24.3 Å². The molecule has 1 fully saturated rings. The molecule has 0 amide bonds. The Bertz CT molecular complexity index is 326. The van der Waals surface area contributed by atoms with Crippen LogP contribution < -0.4 is 5.32 Å². The zero-order chi connectivity index (χ0) is 9.97. The molecule has 4 heteroatoms. The molecular formula is C10H11ClFNO. The number of hydrogen-bond acceptors (Lipinski definition) is 2. The standard InChI is InChI=1S/C10H11ClFNO/c11-8-5-7(1-2-9(8)12)10-6-14-4-3-13-10/h1-2,5,10,13H,3-4,6H2. The molecule has 1 heterocycles. The van der Waals surface area contributed by atoms with Gasteiger partial charge in [-0.1, -0.05) is 17.7 Å². The molecule has 1 aromatic carbocycles. The van der Waals surface area contributed by atoms with Crippen LogP contribution in [0.4, 0.5) is 4.39 Å². The van der Waals surface area contributed by atoms with Crippen molar-refractivity contribution in [2.45, 2.75) is 6.04 Å². The summed E-state index contributed by atoms with van der Waals surface area (Å²) in [5.74, 6) is -0.382. The fourth-order valence-electron chi connectivity index (χ4n) is 1.51. The second kappa shape index (κ2) is 4.26. The van der Waals surface area contributed by atoms with E-state index in [4.69, 9.17) is 16.3 Å². The Labute approximate surface area is 87.0 Å². The lowest BCUT2D eigenvalue weighted by molar-refractivity contribution is 0.0768. The minimum Gasteiger partial charge on any atom is -0.378 e. The van der Waals surface area contributed by atoms with Crippen LogP contribution in [0.2, 0.25) is 5.02 Å². The van der Waals surface area contributed by atoms with Crippen LogP contribution in [0, 0.1) is 5.82 Å². The van der Waals surface area contributed by atoms with Crippen LogP contribution in [0.1, 0.15) is 11.6 Å². The van der Waals surface area contributed by atoms with Gasteiger partial charge in [-0.15, -0.1) is 0 Å². The van der Waals surface area contributed by atoms with Gasteiger partial charge in [0, 0.05) is 6.54 Å².